The van der Waals surface area contributed by atoms with Crippen LogP contribution in [0.3, 0.4) is 0 Å². The first-order valence-electron chi connectivity index (χ1n) is 10.6. The van der Waals surface area contributed by atoms with Gasteiger partial charge in [0.1, 0.15) is 11.4 Å². The number of H-pyrrole nitrogens is 1. The lowest BCUT2D eigenvalue weighted by atomic mass is 9.98. The highest BCUT2D eigenvalue weighted by atomic mass is 16.5. The molecule has 31 heavy (non-hydrogen) atoms. The molecule has 0 atom stereocenters. The Bertz CT molecular complexity index is 1290. The molecule has 4 heteroatoms. The first kappa shape index (κ1) is 20.7. The number of carbonyl (C=O) groups is 1. The van der Waals surface area contributed by atoms with Crippen LogP contribution in [0, 0.1) is 0 Å². The minimum absolute atomic E-state index is 0.272. The zero-order valence-corrected chi connectivity index (χ0v) is 18.2. The van der Waals surface area contributed by atoms with E-state index in [2.05, 4.69) is 44.0 Å². The summed E-state index contributed by atoms with van der Waals surface area (Å²) in [5.41, 5.74) is 5.43. The second-order valence-corrected chi connectivity index (χ2v) is 8.07. The maximum atomic E-state index is 11.9. The van der Waals surface area contributed by atoms with E-state index in [1.807, 2.05) is 42.5 Å². The number of aryl methyl sites for hydroxylation is 1. The molecule has 0 aliphatic carbocycles. The fraction of sp³-hybridized carbons (Fsp3) is 0.222. The average molecular weight is 414 g/mol. The number of hydrogen-bond donors (Lipinski definition) is 2. The quantitative estimate of drug-likeness (QED) is 0.326. The number of nitrogens with one attached hydrogen (secondary N) is 1. The number of hydrogen-bond acceptors (Lipinski definition) is 2. The van der Waals surface area contributed by atoms with Crippen molar-refractivity contribution in [2.45, 2.75) is 33.6 Å². The number of benzene rings is 3. The second kappa shape index (κ2) is 8.68. The smallest absolute Gasteiger partial charge is 0.352 e. The summed E-state index contributed by atoms with van der Waals surface area (Å²) in [5, 5.41) is 13.0. The van der Waals surface area contributed by atoms with Crippen LogP contribution in [-0.2, 0) is 6.42 Å². The molecular formula is C27H27NO3. The van der Waals surface area contributed by atoms with E-state index in [9.17, 15) is 9.90 Å². The summed E-state index contributed by atoms with van der Waals surface area (Å²) >= 11 is 0. The molecule has 4 rings (SSSR count). The number of rotatable bonds is 7. The predicted molar refractivity (Wildman–Crippen MR) is 127 cm³/mol. The van der Waals surface area contributed by atoms with Gasteiger partial charge < -0.3 is 14.8 Å². The van der Waals surface area contributed by atoms with Gasteiger partial charge in [0, 0.05) is 16.3 Å². The molecule has 4 nitrogen and oxygen atoms in total. The van der Waals surface area contributed by atoms with Gasteiger partial charge in [-0.15, -0.1) is 0 Å². The third-order valence-corrected chi connectivity index (χ3v) is 5.89. The minimum Gasteiger partial charge on any atom is -0.493 e. The van der Waals surface area contributed by atoms with Crippen LogP contribution in [0.1, 0.15) is 48.8 Å². The topological polar surface area (TPSA) is 62.3 Å². The van der Waals surface area contributed by atoms with E-state index >= 15 is 0 Å². The first-order chi connectivity index (χ1) is 15.0. The molecule has 0 unspecified atom stereocenters. The molecular weight excluding hydrogens is 386 g/mol. The molecule has 0 aliphatic heterocycles. The van der Waals surface area contributed by atoms with Crippen LogP contribution in [-0.4, -0.2) is 22.7 Å². The zero-order valence-electron chi connectivity index (χ0n) is 18.2. The van der Waals surface area contributed by atoms with E-state index in [4.69, 9.17) is 4.74 Å². The van der Waals surface area contributed by atoms with Crippen molar-refractivity contribution in [1.29, 1.82) is 0 Å². The standard InChI is InChI=1S/C27H27NO3/c1-17(2)18(3)20-12-7-13-22-23(26(27(29)30)28-25(20)22)14-8-16-31-24-15-6-10-19-9-4-5-11-21(19)24/h4-7,9-13,15,28H,8,14,16H2,1-3H3,(H,29,30). The van der Waals surface area contributed by atoms with Gasteiger partial charge in [-0.05, 0) is 56.2 Å². The summed E-state index contributed by atoms with van der Waals surface area (Å²) < 4.78 is 6.06. The molecule has 0 aliphatic rings. The molecule has 0 radical (unpaired) electrons. The minimum atomic E-state index is -0.929. The molecule has 1 heterocycles. The monoisotopic (exact) mass is 413 g/mol. The molecule has 0 saturated carbocycles. The van der Waals surface area contributed by atoms with Crippen LogP contribution in [0.5, 0.6) is 5.75 Å². The van der Waals surface area contributed by atoms with Crippen molar-refractivity contribution in [2.75, 3.05) is 6.61 Å². The highest BCUT2D eigenvalue weighted by molar-refractivity contribution is 6.01. The zero-order chi connectivity index (χ0) is 22.0. The third-order valence-electron chi connectivity index (χ3n) is 5.89. The average Bonchev–Trinajstić information content (AvgIpc) is 3.15. The lowest BCUT2D eigenvalue weighted by Gasteiger charge is -2.10. The summed E-state index contributed by atoms with van der Waals surface area (Å²) in [6, 6.07) is 20.2. The molecule has 0 amide bonds. The van der Waals surface area contributed by atoms with Crippen molar-refractivity contribution in [1.82, 2.24) is 4.98 Å². The lowest BCUT2D eigenvalue weighted by molar-refractivity contribution is 0.0690. The Hall–Kier alpha value is -3.53. The van der Waals surface area contributed by atoms with Crippen LogP contribution in [0.2, 0.25) is 0 Å². The van der Waals surface area contributed by atoms with E-state index < -0.39 is 5.97 Å². The number of allylic oxidation sites excluding steroid dienone is 2. The van der Waals surface area contributed by atoms with Gasteiger partial charge in [0.15, 0.2) is 0 Å². The second-order valence-electron chi connectivity index (χ2n) is 8.07. The third kappa shape index (κ3) is 4.06. The van der Waals surface area contributed by atoms with Gasteiger partial charge in [0.2, 0.25) is 0 Å². The molecule has 1 aromatic heterocycles. The Balaban J connectivity index is 1.58. The van der Waals surface area contributed by atoms with Crippen LogP contribution < -0.4 is 4.74 Å². The summed E-state index contributed by atoms with van der Waals surface area (Å²) in [6.07, 6.45) is 1.35. The Kier molecular flexibility index (Phi) is 5.81. The SMILES string of the molecule is CC(C)=C(C)c1cccc2c(CCCOc3cccc4ccccc34)c(C(=O)O)[nH]c12. The van der Waals surface area contributed by atoms with Gasteiger partial charge in [0.25, 0.3) is 0 Å². The van der Waals surface area contributed by atoms with Crippen molar-refractivity contribution in [2.24, 2.45) is 0 Å². The van der Waals surface area contributed by atoms with Crippen molar-refractivity contribution in [3.8, 4) is 5.75 Å². The fourth-order valence-corrected chi connectivity index (χ4v) is 4.05. The number of aromatic amines is 1. The maximum absolute atomic E-state index is 11.9. The van der Waals surface area contributed by atoms with Crippen molar-refractivity contribution in [3.05, 3.63) is 83.1 Å². The van der Waals surface area contributed by atoms with E-state index in [0.29, 0.717) is 13.0 Å². The van der Waals surface area contributed by atoms with Gasteiger partial charge in [-0.3, -0.25) is 0 Å². The summed E-state index contributed by atoms with van der Waals surface area (Å²) in [4.78, 5) is 15.1. The van der Waals surface area contributed by atoms with Crippen molar-refractivity contribution in [3.63, 3.8) is 0 Å². The molecule has 2 N–H and O–H groups in total. The van der Waals surface area contributed by atoms with Crippen molar-refractivity contribution >= 4 is 33.2 Å². The maximum Gasteiger partial charge on any atom is 0.352 e. The summed E-state index contributed by atoms with van der Waals surface area (Å²) in [7, 11) is 0. The number of aromatic nitrogens is 1. The lowest BCUT2D eigenvalue weighted by Crippen LogP contribution is -2.04. The first-order valence-corrected chi connectivity index (χ1v) is 10.6. The molecule has 0 saturated heterocycles. The Morgan fingerprint density at radius 3 is 2.42 bits per heavy atom. The van der Waals surface area contributed by atoms with E-state index in [0.717, 1.165) is 50.5 Å². The highest BCUT2D eigenvalue weighted by Gasteiger charge is 2.19. The largest absolute Gasteiger partial charge is 0.493 e. The van der Waals surface area contributed by atoms with Gasteiger partial charge >= 0.3 is 5.97 Å². The van der Waals surface area contributed by atoms with Crippen LogP contribution in [0.25, 0.3) is 27.2 Å². The van der Waals surface area contributed by atoms with Gasteiger partial charge in [0.05, 0.1) is 12.1 Å². The number of para-hydroxylation sites is 1. The fourth-order valence-electron chi connectivity index (χ4n) is 4.05. The van der Waals surface area contributed by atoms with E-state index in [1.165, 1.54) is 5.57 Å². The predicted octanol–water partition coefficient (Wildman–Crippen LogP) is 6.84. The Morgan fingerprint density at radius 2 is 1.65 bits per heavy atom. The molecule has 158 valence electrons. The van der Waals surface area contributed by atoms with Gasteiger partial charge in [-0.2, -0.15) is 0 Å². The molecule has 0 bridgehead atoms. The normalized spacial score (nSPS) is 11.1. The van der Waals surface area contributed by atoms with Crippen molar-refractivity contribution < 1.29 is 14.6 Å². The van der Waals surface area contributed by atoms with Crippen LogP contribution in [0.15, 0.2) is 66.2 Å². The summed E-state index contributed by atoms with van der Waals surface area (Å²) in [6.45, 7) is 6.73. The number of fused-ring (bicyclic) bond motifs is 2. The molecule has 3 aromatic carbocycles. The molecule has 0 fully saturated rings. The van der Waals surface area contributed by atoms with E-state index in [-0.39, 0.29) is 5.69 Å². The number of carboxylic acids is 1. The van der Waals surface area contributed by atoms with Crippen LogP contribution in [0.4, 0.5) is 0 Å². The summed E-state index contributed by atoms with van der Waals surface area (Å²) in [5.74, 6) is -0.0704. The van der Waals surface area contributed by atoms with Gasteiger partial charge in [-0.1, -0.05) is 60.2 Å². The Morgan fingerprint density at radius 1 is 0.935 bits per heavy atom. The number of ether oxygens (including phenoxy) is 1. The molecule has 0 spiro atoms. The number of carboxylic acid groups (broad SMARTS) is 1. The van der Waals surface area contributed by atoms with Crippen LogP contribution >= 0.6 is 0 Å². The highest BCUT2D eigenvalue weighted by Crippen LogP contribution is 2.31. The molecule has 4 aromatic rings. The Labute approximate surface area is 182 Å². The number of aromatic carboxylic acids is 1. The van der Waals surface area contributed by atoms with E-state index in [1.54, 1.807) is 0 Å². The van der Waals surface area contributed by atoms with Gasteiger partial charge in [-0.25, -0.2) is 4.79 Å².